The average molecular weight is 423 g/mol. The second-order valence-electron chi connectivity index (χ2n) is 6.73. The van der Waals surface area contributed by atoms with E-state index in [9.17, 15) is 22.8 Å². The van der Waals surface area contributed by atoms with Crippen LogP contribution in [0.5, 0.6) is 0 Å². The minimum absolute atomic E-state index is 0.0276. The van der Waals surface area contributed by atoms with Crippen LogP contribution in [-0.2, 0) is 11.3 Å². The summed E-state index contributed by atoms with van der Waals surface area (Å²) in [6.07, 6.45) is 0. The average Bonchev–Trinajstić information content (AvgIpc) is 2.70. The Labute approximate surface area is 167 Å². The Morgan fingerprint density at radius 1 is 1.14 bits per heavy atom. The summed E-state index contributed by atoms with van der Waals surface area (Å²) in [4.78, 5) is 29.2. The Kier molecular flexibility index (Phi) is 4.84. The molecule has 150 valence electrons. The summed E-state index contributed by atoms with van der Waals surface area (Å²) in [5.74, 6) is -3.37. The van der Waals surface area contributed by atoms with Crippen LogP contribution in [0.15, 0.2) is 35.1 Å². The Balaban J connectivity index is 1.84. The third-order valence-electron chi connectivity index (χ3n) is 4.99. The zero-order chi connectivity index (χ0) is 20.9. The summed E-state index contributed by atoms with van der Waals surface area (Å²) in [6.45, 7) is 0.130. The van der Waals surface area contributed by atoms with Crippen molar-refractivity contribution in [2.24, 2.45) is 0 Å². The molecule has 1 amide bonds. The molecular formula is C20H14ClF3N2O3. The standard InChI is InChI=1S/C20H14ClF3N2O3/c1-26(20(28)9-2-3-13(22)12(21)4-9)17-8-29-7-16-18(17)10-5-14(23)15(24)6-11(10)19(27)25-16/h2-6,17H,7-8H2,1H3,(H,25,27). The summed E-state index contributed by atoms with van der Waals surface area (Å²) in [7, 11) is 1.50. The highest BCUT2D eigenvalue weighted by Gasteiger charge is 2.31. The van der Waals surface area contributed by atoms with Crippen LogP contribution in [0.25, 0.3) is 10.8 Å². The highest BCUT2D eigenvalue weighted by molar-refractivity contribution is 6.31. The van der Waals surface area contributed by atoms with Gasteiger partial charge in [0.1, 0.15) is 5.82 Å². The van der Waals surface area contributed by atoms with Gasteiger partial charge in [0.15, 0.2) is 11.6 Å². The van der Waals surface area contributed by atoms with Crippen molar-refractivity contribution in [3.63, 3.8) is 0 Å². The number of nitrogens with zero attached hydrogens (tertiary/aromatic N) is 1. The number of fused-ring (bicyclic) bond motifs is 3. The summed E-state index contributed by atoms with van der Waals surface area (Å²) in [5.41, 5.74) is 0.411. The Morgan fingerprint density at radius 2 is 1.83 bits per heavy atom. The fourth-order valence-electron chi connectivity index (χ4n) is 3.52. The van der Waals surface area contributed by atoms with E-state index in [0.29, 0.717) is 11.3 Å². The lowest BCUT2D eigenvalue weighted by Crippen LogP contribution is -2.37. The molecule has 0 aliphatic carbocycles. The van der Waals surface area contributed by atoms with E-state index in [2.05, 4.69) is 4.98 Å². The fourth-order valence-corrected chi connectivity index (χ4v) is 3.70. The second kappa shape index (κ2) is 7.20. The number of carbonyl (C=O) groups excluding carboxylic acids is 1. The van der Waals surface area contributed by atoms with Crippen molar-refractivity contribution in [1.29, 1.82) is 0 Å². The van der Waals surface area contributed by atoms with Gasteiger partial charge in [0.25, 0.3) is 11.5 Å². The molecule has 2 aromatic carbocycles. The molecule has 0 bridgehead atoms. The van der Waals surface area contributed by atoms with E-state index in [-0.39, 0.29) is 34.6 Å². The molecule has 0 saturated heterocycles. The van der Waals surface area contributed by atoms with Gasteiger partial charge in [-0.05, 0) is 35.7 Å². The van der Waals surface area contributed by atoms with Gasteiger partial charge in [0, 0.05) is 23.9 Å². The zero-order valence-corrected chi connectivity index (χ0v) is 15.8. The van der Waals surface area contributed by atoms with E-state index in [1.54, 1.807) is 0 Å². The number of hydrogen-bond donors (Lipinski definition) is 1. The molecule has 1 aliphatic heterocycles. The maximum atomic E-state index is 13.9. The summed E-state index contributed by atoms with van der Waals surface area (Å²) >= 11 is 5.77. The highest BCUT2D eigenvalue weighted by Crippen LogP contribution is 2.34. The fraction of sp³-hybridized carbons (Fsp3) is 0.200. The SMILES string of the molecule is CN(C(=O)c1ccc(F)c(Cl)c1)C1COCc2[nH]c(=O)c3cc(F)c(F)cc3c21. The van der Waals surface area contributed by atoms with Crippen molar-refractivity contribution in [2.75, 3.05) is 13.7 Å². The molecule has 2 heterocycles. The van der Waals surface area contributed by atoms with Crippen LogP contribution < -0.4 is 5.56 Å². The number of hydrogen-bond acceptors (Lipinski definition) is 3. The molecule has 29 heavy (non-hydrogen) atoms. The van der Waals surface area contributed by atoms with Crippen LogP contribution >= 0.6 is 11.6 Å². The number of H-pyrrole nitrogens is 1. The number of benzene rings is 2. The number of aromatic amines is 1. The van der Waals surface area contributed by atoms with Crippen molar-refractivity contribution in [2.45, 2.75) is 12.6 Å². The van der Waals surface area contributed by atoms with Gasteiger partial charge in [-0.25, -0.2) is 13.2 Å². The second-order valence-corrected chi connectivity index (χ2v) is 7.14. The molecule has 1 aliphatic rings. The minimum atomic E-state index is -1.14. The molecular weight excluding hydrogens is 409 g/mol. The lowest BCUT2D eigenvalue weighted by Gasteiger charge is -2.34. The van der Waals surface area contributed by atoms with Crippen LogP contribution in [0.3, 0.4) is 0 Å². The predicted molar refractivity (Wildman–Crippen MR) is 100 cm³/mol. The largest absolute Gasteiger partial charge is 0.373 e. The van der Waals surface area contributed by atoms with E-state index in [1.165, 1.54) is 24.1 Å². The molecule has 1 aromatic heterocycles. The van der Waals surface area contributed by atoms with Gasteiger partial charge < -0.3 is 14.6 Å². The number of carbonyl (C=O) groups is 1. The van der Waals surface area contributed by atoms with Crippen molar-refractivity contribution in [1.82, 2.24) is 9.88 Å². The van der Waals surface area contributed by atoms with Crippen LogP contribution in [0, 0.1) is 17.5 Å². The summed E-state index contributed by atoms with van der Waals surface area (Å²) < 4.78 is 46.5. The lowest BCUT2D eigenvalue weighted by atomic mass is 9.95. The molecule has 5 nitrogen and oxygen atoms in total. The topological polar surface area (TPSA) is 62.4 Å². The zero-order valence-electron chi connectivity index (χ0n) is 15.1. The van der Waals surface area contributed by atoms with E-state index >= 15 is 0 Å². The summed E-state index contributed by atoms with van der Waals surface area (Å²) in [5, 5.41) is -0.0233. The molecule has 1 atom stereocenters. The Bertz CT molecular complexity index is 1210. The van der Waals surface area contributed by atoms with E-state index in [4.69, 9.17) is 16.3 Å². The van der Waals surface area contributed by atoms with Crippen molar-refractivity contribution < 1.29 is 22.7 Å². The van der Waals surface area contributed by atoms with Gasteiger partial charge in [-0.3, -0.25) is 9.59 Å². The van der Waals surface area contributed by atoms with Crippen LogP contribution in [0.4, 0.5) is 13.2 Å². The van der Waals surface area contributed by atoms with E-state index in [1.807, 2.05) is 0 Å². The maximum absolute atomic E-state index is 13.9. The summed E-state index contributed by atoms with van der Waals surface area (Å²) in [6, 6.07) is 4.67. The number of amides is 1. The van der Waals surface area contributed by atoms with Crippen molar-refractivity contribution >= 4 is 28.3 Å². The number of nitrogens with one attached hydrogen (secondary N) is 1. The van der Waals surface area contributed by atoms with Gasteiger partial charge in [0.2, 0.25) is 0 Å². The number of aromatic nitrogens is 1. The van der Waals surface area contributed by atoms with Crippen LogP contribution in [0.2, 0.25) is 5.02 Å². The normalized spacial score (nSPS) is 16.0. The first-order valence-corrected chi connectivity index (χ1v) is 8.99. The molecule has 1 N–H and O–H groups in total. The van der Waals surface area contributed by atoms with Crippen molar-refractivity contribution in [3.05, 3.63) is 80.0 Å². The number of rotatable bonds is 2. The first kappa shape index (κ1) is 19.5. The molecule has 3 aromatic rings. The number of likely N-dealkylation sites (N-methyl/N-ethyl adjacent to an activating group) is 1. The van der Waals surface area contributed by atoms with Gasteiger partial charge in [0.05, 0.1) is 29.7 Å². The molecule has 0 radical (unpaired) electrons. The monoisotopic (exact) mass is 422 g/mol. The number of halogens is 4. The molecule has 0 spiro atoms. The Hall–Kier alpha value is -2.84. The quantitative estimate of drug-likeness (QED) is 0.680. The third kappa shape index (κ3) is 3.28. The molecule has 0 saturated carbocycles. The number of ether oxygens (including phenoxy) is 1. The first-order valence-electron chi connectivity index (χ1n) is 8.61. The molecule has 4 rings (SSSR count). The highest BCUT2D eigenvalue weighted by atomic mass is 35.5. The van der Waals surface area contributed by atoms with Gasteiger partial charge in [-0.1, -0.05) is 11.6 Å². The van der Waals surface area contributed by atoms with Gasteiger partial charge >= 0.3 is 0 Å². The van der Waals surface area contributed by atoms with Gasteiger partial charge in [-0.2, -0.15) is 0 Å². The van der Waals surface area contributed by atoms with E-state index in [0.717, 1.165) is 18.2 Å². The van der Waals surface area contributed by atoms with Crippen molar-refractivity contribution in [3.8, 4) is 0 Å². The van der Waals surface area contributed by atoms with Gasteiger partial charge in [-0.15, -0.1) is 0 Å². The smallest absolute Gasteiger partial charge is 0.256 e. The molecule has 0 fully saturated rings. The molecule has 9 heteroatoms. The van der Waals surface area contributed by atoms with E-state index < -0.39 is 35.0 Å². The first-order chi connectivity index (χ1) is 13.8. The van der Waals surface area contributed by atoms with Crippen LogP contribution in [0.1, 0.15) is 27.7 Å². The molecule has 1 unspecified atom stereocenters. The Morgan fingerprint density at radius 3 is 2.52 bits per heavy atom. The number of pyridine rings is 1. The predicted octanol–water partition coefficient (Wildman–Crippen LogP) is 3.94. The minimum Gasteiger partial charge on any atom is -0.373 e. The maximum Gasteiger partial charge on any atom is 0.256 e. The lowest BCUT2D eigenvalue weighted by molar-refractivity contribution is 0.0335. The van der Waals surface area contributed by atoms with Crippen LogP contribution in [-0.4, -0.2) is 29.4 Å². The third-order valence-corrected chi connectivity index (χ3v) is 5.28.